The molecule has 0 aliphatic carbocycles. The van der Waals surface area contributed by atoms with Crippen LogP contribution in [0.25, 0.3) is 0 Å². The first-order valence-corrected chi connectivity index (χ1v) is 10.1. The molecule has 156 valence electrons. The number of aromatic amines is 2. The summed E-state index contributed by atoms with van der Waals surface area (Å²) >= 11 is 0. The van der Waals surface area contributed by atoms with Gasteiger partial charge in [-0.05, 0) is 42.0 Å². The Bertz CT molecular complexity index is 649. The van der Waals surface area contributed by atoms with Gasteiger partial charge in [0.05, 0.1) is 22.8 Å². The van der Waals surface area contributed by atoms with Gasteiger partial charge in [0.25, 0.3) is 0 Å². The topological polar surface area (TPSA) is 70.3 Å². The number of rotatable bonds is 6. The van der Waals surface area contributed by atoms with E-state index in [1.807, 2.05) is 0 Å². The van der Waals surface area contributed by atoms with E-state index in [2.05, 4.69) is 71.6 Å². The minimum absolute atomic E-state index is 0.848. The van der Waals surface area contributed by atoms with Crippen molar-refractivity contribution in [2.75, 3.05) is 54.4 Å². The minimum atomic E-state index is 0.848. The van der Waals surface area contributed by atoms with Crippen LogP contribution in [0.5, 0.6) is 0 Å². The van der Waals surface area contributed by atoms with Crippen LogP contribution in [0.3, 0.4) is 0 Å². The average Bonchev–Trinajstić information content (AvgIpc) is 3.12. The molecule has 0 saturated heterocycles. The van der Waals surface area contributed by atoms with E-state index in [0.717, 1.165) is 64.0 Å². The van der Waals surface area contributed by atoms with Crippen molar-refractivity contribution >= 4 is 0 Å². The average molecular weight is 389 g/mol. The van der Waals surface area contributed by atoms with Crippen LogP contribution >= 0.6 is 0 Å². The number of aryl methyl sites for hydroxylation is 2. The molecule has 3 heterocycles. The molecular weight excluding hydrogens is 352 g/mol. The third-order valence-corrected chi connectivity index (χ3v) is 5.20. The zero-order chi connectivity index (χ0) is 20.3. The van der Waals surface area contributed by atoms with Gasteiger partial charge in [0.1, 0.15) is 11.6 Å². The second kappa shape index (κ2) is 9.17. The number of likely N-dealkylation sites (N-methyl/N-ethyl adjacent to an activating group) is 2. The fraction of sp³-hybridized carbons (Fsp3) is 0.700. The lowest BCUT2D eigenvalue weighted by atomic mass is 10.2. The Morgan fingerprint density at radius 1 is 0.714 bits per heavy atom. The number of nitrogens with zero attached hydrogens (tertiary/aromatic N) is 6. The Kier molecular flexibility index (Phi) is 6.87. The van der Waals surface area contributed by atoms with Crippen LogP contribution in [-0.4, -0.2) is 93.9 Å². The van der Waals surface area contributed by atoms with Gasteiger partial charge in [0.2, 0.25) is 0 Å². The number of aromatic nitrogens is 4. The number of H-pyrrole nitrogens is 2. The van der Waals surface area contributed by atoms with Crippen molar-refractivity contribution in [2.24, 2.45) is 0 Å². The van der Waals surface area contributed by atoms with E-state index in [1.54, 1.807) is 0 Å². The standard InChI is InChI=1S/C20H36N8/c1-15-21-17-11-27(9-7-25(3)4)13-19-20(24-16(2)23-19)14-28(10-8-26(5)6)12-18(17)22-15/h7-14H2,1-6H3,(H,21,22)(H,23,24). The van der Waals surface area contributed by atoms with E-state index >= 15 is 0 Å². The van der Waals surface area contributed by atoms with Crippen LogP contribution in [0, 0.1) is 13.8 Å². The van der Waals surface area contributed by atoms with Gasteiger partial charge in [-0.1, -0.05) is 0 Å². The number of imidazole rings is 2. The molecule has 2 aromatic rings. The van der Waals surface area contributed by atoms with Crippen molar-refractivity contribution in [2.45, 2.75) is 40.0 Å². The third kappa shape index (κ3) is 5.64. The highest BCUT2D eigenvalue weighted by atomic mass is 15.2. The molecule has 0 radical (unpaired) electrons. The van der Waals surface area contributed by atoms with Gasteiger partial charge in [-0.2, -0.15) is 0 Å². The zero-order valence-corrected chi connectivity index (χ0v) is 18.3. The SMILES string of the molecule is Cc1nc2c([nH]1)CN(CCN(C)C)Cc1[nH]c(C)nc1CN(CCN(C)C)C2. The molecule has 1 aliphatic heterocycles. The summed E-state index contributed by atoms with van der Waals surface area (Å²) in [7, 11) is 8.50. The maximum atomic E-state index is 4.82. The Morgan fingerprint density at radius 3 is 1.50 bits per heavy atom. The molecule has 0 atom stereocenters. The molecule has 28 heavy (non-hydrogen) atoms. The van der Waals surface area contributed by atoms with Crippen LogP contribution in [0.4, 0.5) is 0 Å². The van der Waals surface area contributed by atoms with Crippen molar-refractivity contribution in [3.63, 3.8) is 0 Å². The first-order chi connectivity index (χ1) is 13.3. The maximum Gasteiger partial charge on any atom is 0.103 e. The van der Waals surface area contributed by atoms with Crippen molar-refractivity contribution in [1.29, 1.82) is 0 Å². The molecule has 0 unspecified atom stereocenters. The number of nitrogens with one attached hydrogen (secondary N) is 2. The normalized spacial score (nSPS) is 16.6. The monoisotopic (exact) mass is 388 g/mol. The van der Waals surface area contributed by atoms with E-state index in [4.69, 9.17) is 9.97 Å². The minimum Gasteiger partial charge on any atom is -0.345 e. The Hall–Kier alpha value is -1.74. The van der Waals surface area contributed by atoms with Gasteiger partial charge in [0, 0.05) is 52.4 Å². The Morgan fingerprint density at radius 2 is 1.11 bits per heavy atom. The van der Waals surface area contributed by atoms with Gasteiger partial charge in [0.15, 0.2) is 0 Å². The fourth-order valence-corrected chi connectivity index (χ4v) is 3.68. The van der Waals surface area contributed by atoms with Gasteiger partial charge in [-0.15, -0.1) is 0 Å². The summed E-state index contributed by atoms with van der Waals surface area (Å²) in [6.45, 7) is 11.6. The Balaban J connectivity index is 1.90. The van der Waals surface area contributed by atoms with E-state index in [0.29, 0.717) is 0 Å². The van der Waals surface area contributed by atoms with E-state index in [-0.39, 0.29) is 0 Å². The van der Waals surface area contributed by atoms with E-state index in [9.17, 15) is 0 Å². The molecule has 3 rings (SSSR count). The van der Waals surface area contributed by atoms with Crippen LogP contribution in [0.15, 0.2) is 0 Å². The summed E-state index contributed by atoms with van der Waals surface area (Å²) in [4.78, 5) is 26.1. The molecule has 0 bridgehead atoms. The molecule has 8 heteroatoms. The van der Waals surface area contributed by atoms with Crippen molar-refractivity contribution in [1.82, 2.24) is 39.5 Å². The van der Waals surface area contributed by atoms with Gasteiger partial charge in [-0.3, -0.25) is 9.80 Å². The molecule has 0 aromatic carbocycles. The second-order valence-electron chi connectivity index (χ2n) is 8.52. The molecule has 0 amide bonds. The predicted octanol–water partition coefficient (Wildman–Crippen LogP) is 1.19. The molecule has 1 aliphatic rings. The highest BCUT2D eigenvalue weighted by molar-refractivity contribution is 5.19. The summed E-state index contributed by atoms with van der Waals surface area (Å²) in [6, 6.07) is 0. The zero-order valence-electron chi connectivity index (χ0n) is 18.3. The van der Waals surface area contributed by atoms with E-state index < -0.39 is 0 Å². The van der Waals surface area contributed by atoms with Gasteiger partial charge >= 0.3 is 0 Å². The smallest absolute Gasteiger partial charge is 0.103 e. The molecule has 0 fully saturated rings. The summed E-state index contributed by atoms with van der Waals surface area (Å²) in [6.07, 6.45) is 0. The maximum absolute atomic E-state index is 4.82. The summed E-state index contributed by atoms with van der Waals surface area (Å²) in [5.74, 6) is 1.99. The number of hydrogen-bond donors (Lipinski definition) is 2. The fourth-order valence-electron chi connectivity index (χ4n) is 3.68. The first kappa shape index (κ1) is 21.0. The third-order valence-electron chi connectivity index (χ3n) is 5.20. The summed E-state index contributed by atoms with van der Waals surface area (Å²) in [5.41, 5.74) is 4.82. The van der Waals surface area contributed by atoms with Crippen LogP contribution < -0.4 is 0 Å². The van der Waals surface area contributed by atoms with Crippen LogP contribution in [0.1, 0.15) is 34.4 Å². The molecule has 0 saturated carbocycles. The molecule has 0 spiro atoms. The molecular formula is C20H36N8. The highest BCUT2D eigenvalue weighted by Crippen LogP contribution is 2.20. The highest BCUT2D eigenvalue weighted by Gasteiger charge is 2.22. The first-order valence-electron chi connectivity index (χ1n) is 10.1. The number of fused-ring (bicyclic) bond motifs is 2. The quantitative estimate of drug-likeness (QED) is 0.775. The second-order valence-corrected chi connectivity index (χ2v) is 8.52. The van der Waals surface area contributed by atoms with E-state index in [1.165, 1.54) is 22.8 Å². The molecule has 2 aromatic heterocycles. The lowest BCUT2D eigenvalue weighted by molar-refractivity contribution is 0.200. The lowest BCUT2D eigenvalue weighted by Gasteiger charge is -2.28. The van der Waals surface area contributed by atoms with Crippen molar-refractivity contribution in [3.05, 3.63) is 34.4 Å². The lowest BCUT2D eigenvalue weighted by Crippen LogP contribution is -2.35. The summed E-state index contributed by atoms with van der Waals surface area (Å²) in [5, 5.41) is 0. The van der Waals surface area contributed by atoms with Gasteiger partial charge < -0.3 is 19.8 Å². The van der Waals surface area contributed by atoms with Crippen molar-refractivity contribution < 1.29 is 0 Å². The van der Waals surface area contributed by atoms with Crippen molar-refractivity contribution in [3.8, 4) is 0 Å². The van der Waals surface area contributed by atoms with Gasteiger partial charge in [-0.25, -0.2) is 9.97 Å². The largest absolute Gasteiger partial charge is 0.345 e. The predicted molar refractivity (Wildman–Crippen MR) is 112 cm³/mol. The Labute approximate surface area is 168 Å². The molecule has 2 N–H and O–H groups in total. The summed E-state index contributed by atoms with van der Waals surface area (Å²) < 4.78 is 0. The van der Waals surface area contributed by atoms with Crippen LogP contribution in [-0.2, 0) is 26.2 Å². The van der Waals surface area contributed by atoms with Crippen LogP contribution in [0.2, 0.25) is 0 Å². The number of hydrogen-bond acceptors (Lipinski definition) is 6. The molecule has 8 nitrogen and oxygen atoms in total.